The highest BCUT2D eigenvalue weighted by atomic mass is 16.4. The minimum atomic E-state index is -2.09. The van der Waals surface area contributed by atoms with Gasteiger partial charge < -0.3 is 10.2 Å². The van der Waals surface area contributed by atoms with Gasteiger partial charge in [0.2, 0.25) is 0 Å². The molecule has 0 amide bonds. The Balaban J connectivity index is 1.55. The summed E-state index contributed by atoms with van der Waals surface area (Å²) in [5.41, 5.74) is -2.68. The fourth-order valence-electron chi connectivity index (χ4n) is 7.80. The van der Waals surface area contributed by atoms with E-state index in [-0.39, 0.29) is 19.6 Å². The summed E-state index contributed by atoms with van der Waals surface area (Å²) < 4.78 is 0. The summed E-state index contributed by atoms with van der Waals surface area (Å²) in [6, 6.07) is 14.0. The van der Waals surface area contributed by atoms with Gasteiger partial charge >= 0.3 is 11.9 Å². The normalized spacial score (nSPS) is 24.7. The maximum absolute atomic E-state index is 14.9. The number of nitrogens with zero attached hydrogens (tertiary/aromatic N) is 5. The van der Waals surface area contributed by atoms with Gasteiger partial charge in [-0.25, -0.2) is 0 Å². The first-order chi connectivity index (χ1) is 22.9. The van der Waals surface area contributed by atoms with Gasteiger partial charge in [0.1, 0.15) is 0 Å². The highest BCUT2D eigenvalue weighted by molar-refractivity contribution is 6.17. The number of hydrogen-bond acceptors (Lipinski definition) is 8. The number of ketones is 1. The van der Waals surface area contributed by atoms with Crippen LogP contribution < -0.4 is 0 Å². The second-order valence-corrected chi connectivity index (χ2v) is 13.1. The van der Waals surface area contributed by atoms with E-state index in [2.05, 4.69) is 21.9 Å². The van der Waals surface area contributed by atoms with E-state index in [1.807, 2.05) is 17.0 Å². The molecule has 2 bridgehead atoms. The van der Waals surface area contributed by atoms with Gasteiger partial charge in [-0.1, -0.05) is 82.9 Å². The number of carbonyl (C=O) groups is 3. The fraction of sp³-hybridized carbons (Fsp3) is 0.514. The Labute approximate surface area is 277 Å². The third-order valence-electron chi connectivity index (χ3n) is 9.93. The largest absolute Gasteiger partial charge is 0.480 e. The van der Waals surface area contributed by atoms with Gasteiger partial charge in [0.15, 0.2) is 16.6 Å². The van der Waals surface area contributed by atoms with Gasteiger partial charge in [0, 0.05) is 38.2 Å². The van der Waals surface area contributed by atoms with E-state index in [1.54, 1.807) is 66.0 Å². The lowest BCUT2D eigenvalue weighted by Crippen LogP contribution is -2.75. The van der Waals surface area contributed by atoms with Crippen molar-refractivity contribution in [3.63, 3.8) is 0 Å². The van der Waals surface area contributed by atoms with Crippen LogP contribution in [0, 0.1) is 10.8 Å². The number of carboxylic acids is 2. The Morgan fingerprint density at radius 3 is 1.60 bits per heavy atom. The molecule has 10 heteroatoms. The summed E-state index contributed by atoms with van der Waals surface area (Å²) in [6.07, 6.45) is 16.1. The number of hydrogen-bond donors (Lipinski definition) is 2. The summed E-state index contributed by atoms with van der Waals surface area (Å²) in [6.45, 7) is 2.48. The molecule has 5 rings (SSSR count). The molecule has 47 heavy (non-hydrogen) atoms. The second-order valence-electron chi connectivity index (χ2n) is 13.1. The van der Waals surface area contributed by atoms with E-state index >= 15 is 0 Å². The van der Waals surface area contributed by atoms with E-state index in [4.69, 9.17) is 0 Å². The van der Waals surface area contributed by atoms with E-state index in [1.165, 1.54) is 38.5 Å². The van der Waals surface area contributed by atoms with E-state index < -0.39 is 40.6 Å². The molecular formula is C37H47N5O5. The van der Waals surface area contributed by atoms with Crippen LogP contribution >= 0.6 is 0 Å². The van der Waals surface area contributed by atoms with Crippen molar-refractivity contribution in [3.8, 4) is 0 Å². The number of unbranched alkanes of at least 4 members (excludes halogenated alkanes) is 9. The zero-order chi connectivity index (χ0) is 33.3. The Morgan fingerprint density at radius 2 is 1.17 bits per heavy atom. The van der Waals surface area contributed by atoms with Crippen molar-refractivity contribution in [1.29, 1.82) is 0 Å². The molecule has 0 spiro atoms. The van der Waals surface area contributed by atoms with Crippen LogP contribution in [-0.4, -0.2) is 72.3 Å². The van der Waals surface area contributed by atoms with Crippen molar-refractivity contribution in [2.24, 2.45) is 10.8 Å². The van der Waals surface area contributed by atoms with Crippen LogP contribution in [0.15, 0.2) is 73.2 Å². The molecule has 0 aromatic carbocycles. The van der Waals surface area contributed by atoms with Crippen LogP contribution in [-0.2, 0) is 20.9 Å². The molecule has 3 aromatic heterocycles. The number of fused-ring (bicyclic) bond motifs is 2. The van der Waals surface area contributed by atoms with Crippen molar-refractivity contribution in [1.82, 2.24) is 24.8 Å². The van der Waals surface area contributed by atoms with Crippen molar-refractivity contribution in [2.75, 3.05) is 19.6 Å². The monoisotopic (exact) mass is 641 g/mol. The summed E-state index contributed by atoms with van der Waals surface area (Å²) in [5, 5.41) is 22.2. The standard InChI is InChI=1S/C37H47N5O5/c1-2-3-4-5-6-7-8-9-10-17-24-42-31(29-19-12-15-22-39-29)36(34(44)45)26-41(25-28-18-11-14-21-38-28)27-37(33(36)43,35(46)47)32(42)30-20-13-16-23-40-30/h11-16,18-23,31-32H,2-10,17,24-27H2,1H3,(H,44,45)(H,46,47). The van der Waals surface area contributed by atoms with Crippen LogP contribution in [0.25, 0.3) is 0 Å². The van der Waals surface area contributed by atoms with Gasteiger partial charge in [-0.3, -0.25) is 39.1 Å². The van der Waals surface area contributed by atoms with Crippen LogP contribution in [0.3, 0.4) is 0 Å². The summed E-state index contributed by atoms with van der Waals surface area (Å²) in [4.78, 5) is 59.6. The highest BCUT2D eigenvalue weighted by Gasteiger charge is 2.75. The van der Waals surface area contributed by atoms with Crippen LogP contribution in [0.4, 0.5) is 0 Å². The third-order valence-corrected chi connectivity index (χ3v) is 9.93. The molecule has 0 saturated carbocycles. The van der Waals surface area contributed by atoms with Crippen molar-refractivity contribution >= 4 is 17.7 Å². The Hall–Kier alpha value is -4.02. The average molecular weight is 642 g/mol. The van der Waals surface area contributed by atoms with Crippen molar-refractivity contribution in [2.45, 2.75) is 89.8 Å². The van der Waals surface area contributed by atoms with Crippen molar-refractivity contribution < 1.29 is 24.6 Å². The Morgan fingerprint density at radius 1 is 0.702 bits per heavy atom. The van der Waals surface area contributed by atoms with Gasteiger partial charge in [-0.05, 0) is 49.4 Å². The van der Waals surface area contributed by atoms with Crippen LogP contribution in [0.2, 0.25) is 0 Å². The number of aromatic nitrogens is 3. The predicted molar refractivity (Wildman–Crippen MR) is 177 cm³/mol. The Kier molecular flexibility index (Phi) is 11.5. The molecule has 4 atom stereocenters. The fourth-order valence-corrected chi connectivity index (χ4v) is 7.80. The lowest BCUT2D eigenvalue weighted by atomic mass is 9.54. The smallest absolute Gasteiger partial charge is 0.320 e. The number of likely N-dealkylation sites (tertiary alicyclic amines) is 2. The molecule has 10 nitrogen and oxygen atoms in total. The summed E-state index contributed by atoms with van der Waals surface area (Å²) >= 11 is 0. The molecule has 3 aromatic rings. The molecule has 250 valence electrons. The quantitative estimate of drug-likeness (QED) is 0.131. The first kappa shape index (κ1) is 34.3. The zero-order valence-corrected chi connectivity index (χ0v) is 27.3. The number of piperidine rings is 2. The number of carboxylic acid groups (broad SMARTS) is 2. The first-order valence-corrected chi connectivity index (χ1v) is 17.1. The van der Waals surface area contributed by atoms with Crippen LogP contribution in [0.5, 0.6) is 0 Å². The van der Waals surface area contributed by atoms with Gasteiger partial charge in [-0.15, -0.1) is 0 Å². The maximum Gasteiger partial charge on any atom is 0.320 e. The first-order valence-electron chi connectivity index (χ1n) is 17.1. The number of aliphatic carboxylic acids is 2. The van der Waals surface area contributed by atoms with Crippen LogP contribution in [0.1, 0.15) is 100 Å². The van der Waals surface area contributed by atoms with Gasteiger partial charge in [-0.2, -0.15) is 0 Å². The summed E-state index contributed by atoms with van der Waals surface area (Å²) in [5.74, 6) is -3.49. The van der Waals surface area contributed by atoms with E-state index in [9.17, 15) is 24.6 Å². The maximum atomic E-state index is 14.9. The lowest BCUT2D eigenvalue weighted by molar-refractivity contribution is -0.204. The second kappa shape index (κ2) is 15.7. The molecule has 2 N–H and O–H groups in total. The van der Waals surface area contributed by atoms with E-state index in [0.29, 0.717) is 23.6 Å². The molecule has 2 aliphatic rings. The van der Waals surface area contributed by atoms with Crippen molar-refractivity contribution in [3.05, 3.63) is 90.3 Å². The SMILES string of the molecule is CCCCCCCCCCCCN1C(c2ccccn2)C2(C(=O)O)CN(Cc3ccccn3)CC(C(=O)O)(C2=O)C1c1ccccn1. The number of Topliss-reactive ketones (excluding diaryl/α,β-unsaturated/α-hetero) is 1. The number of pyridine rings is 3. The molecule has 5 heterocycles. The van der Waals surface area contributed by atoms with E-state index in [0.717, 1.165) is 25.7 Å². The minimum Gasteiger partial charge on any atom is -0.480 e. The number of rotatable bonds is 17. The third kappa shape index (κ3) is 6.99. The molecule has 2 aliphatic heterocycles. The lowest BCUT2D eigenvalue weighted by Gasteiger charge is -2.61. The molecule has 0 radical (unpaired) electrons. The molecule has 2 saturated heterocycles. The molecule has 4 unspecified atom stereocenters. The topological polar surface area (TPSA) is 137 Å². The predicted octanol–water partition coefficient (Wildman–Crippen LogP) is 6.12. The number of carbonyl (C=O) groups excluding carboxylic acids is 1. The molecule has 0 aliphatic carbocycles. The highest BCUT2D eigenvalue weighted by Crippen LogP contribution is 2.60. The average Bonchev–Trinajstić information content (AvgIpc) is 3.07. The van der Waals surface area contributed by atoms with Gasteiger partial charge in [0.05, 0.1) is 29.2 Å². The molecule has 2 fully saturated rings. The zero-order valence-electron chi connectivity index (χ0n) is 27.3. The molecular weight excluding hydrogens is 594 g/mol. The summed E-state index contributed by atoms with van der Waals surface area (Å²) in [7, 11) is 0. The minimum absolute atomic E-state index is 0.169. The Bertz CT molecular complexity index is 1400. The van der Waals surface area contributed by atoms with Gasteiger partial charge in [0.25, 0.3) is 0 Å².